The van der Waals surface area contributed by atoms with Crippen LogP contribution in [-0.4, -0.2) is 36.9 Å². The number of carbonyl (C=O) groups is 3. The first-order valence-corrected chi connectivity index (χ1v) is 5.21. The van der Waals surface area contributed by atoms with Crippen LogP contribution in [0.25, 0.3) is 0 Å². The predicted octanol–water partition coefficient (Wildman–Crippen LogP) is 0.757. The molecule has 6 nitrogen and oxygen atoms in total. The van der Waals surface area contributed by atoms with E-state index in [9.17, 15) is 14.4 Å². The van der Waals surface area contributed by atoms with Crippen molar-refractivity contribution in [2.45, 2.75) is 26.8 Å². The molecule has 0 spiro atoms. The van der Waals surface area contributed by atoms with E-state index in [0.717, 1.165) is 7.11 Å². The Morgan fingerprint density at radius 3 is 2.06 bits per heavy atom. The Bertz CT molecular complexity index is 244. The van der Waals surface area contributed by atoms with Gasteiger partial charge in [0.2, 0.25) is 6.04 Å². The molecular formula is C9H17NO5S. The van der Waals surface area contributed by atoms with Gasteiger partial charge in [0.25, 0.3) is 5.24 Å². The van der Waals surface area contributed by atoms with Crippen molar-refractivity contribution in [1.29, 1.82) is 0 Å². The molecule has 94 valence electrons. The van der Waals surface area contributed by atoms with Gasteiger partial charge >= 0.3 is 11.9 Å². The smallest absolute Gasteiger partial charge is 0.340 e. The maximum Gasteiger partial charge on any atom is 0.340 e. The maximum atomic E-state index is 11.1. The minimum Gasteiger partial charge on any atom is -0.467 e. The third kappa shape index (κ3) is 7.10. The van der Waals surface area contributed by atoms with E-state index in [4.69, 9.17) is 0 Å². The van der Waals surface area contributed by atoms with Crippen molar-refractivity contribution in [1.82, 2.24) is 5.32 Å². The van der Waals surface area contributed by atoms with E-state index in [1.54, 1.807) is 6.92 Å². The normalized spacial score (nSPS) is 10.3. The second kappa shape index (κ2) is 10.3. The van der Waals surface area contributed by atoms with Gasteiger partial charge in [0, 0.05) is 0 Å². The number of nitrogens with one attached hydrogen (secondary N) is 1. The zero-order valence-electron chi connectivity index (χ0n) is 9.77. The van der Waals surface area contributed by atoms with Gasteiger partial charge in [-0.2, -0.15) is 0 Å². The number of esters is 2. The molecule has 1 amide bonds. The fraction of sp³-hybridized carbons (Fsp3) is 0.667. The van der Waals surface area contributed by atoms with E-state index in [1.165, 1.54) is 0 Å². The Labute approximate surface area is 100 Å². The van der Waals surface area contributed by atoms with E-state index in [-0.39, 0.29) is 6.61 Å². The molecule has 0 fully saturated rings. The summed E-state index contributed by atoms with van der Waals surface area (Å²) in [4.78, 5) is 32.6. The standard InChI is InChI=1S/C7H11NO5S.C2H6/c1-3-13-6(10)4(5(9)12-2)8-7(11)14;1-2/h4H,3H2,1-2H3,(H2,8,11,14);1-2H3. The lowest BCUT2D eigenvalue weighted by molar-refractivity contribution is -0.156. The summed E-state index contributed by atoms with van der Waals surface area (Å²) in [6.07, 6.45) is 0. The molecular weight excluding hydrogens is 234 g/mol. The first kappa shape index (κ1) is 17.2. The quantitative estimate of drug-likeness (QED) is 0.438. The second-order valence-electron chi connectivity index (χ2n) is 2.16. The molecule has 0 aliphatic carbocycles. The van der Waals surface area contributed by atoms with E-state index >= 15 is 0 Å². The maximum absolute atomic E-state index is 11.1. The lowest BCUT2D eigenvalue weighted by Gasteiger charge is -2.12. The Kier molecular flexibility index (Phi) is 11.0. The van der Waals surface area contributed by atoms with Crippen LogP contribution >= 0.6 is 12.6 Å². The number of hydrogen-bond acceptors (Lipinski definition) is 5. The first-order chi connectivity index (χ1) is 7.52. The minimum atomic E-state index is -1.45. The molecule has 0 bridgehead atoms. The lowest BCUT2D eigenvalue weighted by Crippen LogP contribution is -2.46. The molecule has 0 saturated heterocycles. The highest BCUT2D eigenvalue weighted by atomic mass is 32.1. The predicted molar refractivity (Wildman–Crippen MR) is 61.3 cm³/mol. The van der Waals surface area contributed by atoms with E-state index < -0.39 is 23.2 Å². The number of ether oxygens (including phenoxy) is 2. The van der Waals surface area contributed by atoms with Crippen LogP contribution in [0.3, 0.4) is 0 Å². The fourth-order valence-electron chi connectivity index (χ4n) is 0.681. The van der Waals surface area contributed by atoms with Gasteiger partial charge in [-0.25, -0.2) is 9.59 Å². The Morgan fingerprint density at radius 1 is 1.25 bits per heavy atom. The summed E-state index contributed by atoms with van der Waals surface area (Å²) in [6, 6.07) is -1.45. The average Bonchev–Trinajstić information content (AvgIpc) is 2.27. The number of amides is 1. The molecule has 0 rings (SSSR count). The number of rotatable bonds is 4. The van der Waals surface area contributed by atoms with Gasteiger partial charge in [-0.15, -0.1) is 0 Å². The molecule has 16 heavy (non-hydrogen) atoms. The highest BCUT2D eigenvalue weighted by Gasteiger charge is 2.29. The largest absolute Gasteiger partial charge is 0.467 e. The van der Waals surface area contributed by atoms with E-state index in [0.29, 0.717) is 0 Å². The molecule has 0 radical (unpaired) electrons. The summed E-state index contributed by atoms with van der Waals surface area (Å²) < 4.78 is 8.83. The van der Waals surface area contributed by atoms with E-state index in [2.05, 4.69) is 22.1 Å². The molecule has 1 atom stereocenters. The molecule has 0 aromatic rings. The molecule has 0 saturated carbocycles. The Hall–Kier alpha value is -1.24. The number of hydrogen-bond donors (Lipinski definition) is 2. The Balaban J connectivity index is 0. The lowest BCUT2D eigenvalue weighted by atomic mass is 10.3. The summed E-state index contributed by atoms with van der Waals surface area (Å²) in [5.41, 5.74) is 0. The molecule has 1 N–H and O–H groups in total. The molecule has 0 heterocycles. The van der Waals surface area contributed by atoms with E-state index in [1.807, 2.05) is 19.2 Å². The fourth-order valence-corrected chi connectivity index (χ4v) is 0.810. The molecule has 0 aromatic heterocycles. The van der Waals surface area contributed by atoms with Crippen molar-refractivity contribution in [3.63, 3.8) is 0 Å². The second-order valence-corrected chi connectivity index (χ2v) is 2.56. The number of methoxy groups -OCH3 is 1. The van der Waals surface area contributed by atoms with Crippen LogP contribution in [0.5, 0.6) is 0 Å². The molecule has 1 unspecified atom stereocenters. The van der Waals surface area contributed by atoms with Gasteiger partial charge in [-0.05, 0) is 6.92 Å². The van der Waals surface area contributed by atoms with Crippen molar-refractivity contribution in [3.05, 3.63) is 0 Å². The van der Waals surface area contributed by atoms with Gasteiger partial charge in [-0.1, -0.05) is 26.5 Å². The molecule has 0 aromatic carbocycles. The van der Waals surface area contributed by atoms with Crippen LogP contribution in [0.15, 0.2) is 0 Å². The topological polar surface area (TPSA) is 81.7 Å². The highest BCUT2D eigenvalue weighted by Crippen LogP contribution is 1.94. The summed E-state index contributed by atoms with van der Waals surface area (Å²) in [5, 5.41) is 1.18. The van der Waals surface area contributed by atoms with Crippen LogP contribution < -0.4 is 5.32 Å². The van der Waals surface area contributed by atoms with Crippen LogP contribution in [0, 0.1) is 0 Å². The molecule has 0 aliphatic heterocycles. The third-order valence-electron chi connectivity index (χ3n) is 1.23. The molecule has 0 aliphatic rings. The van der Waals surface area contributed by atoms with Crippen LogP contribution in [-0.2, 0) is 19.1 Å². The minimum absolute atomic E-state index is 0.106. The van der Waals surface area contributed by atoms with Crippen molar-refractivity contribution < 1.29 is 23.9 Å². The number of thiol groups is 1. The SMILES string of the molecule is CC.CCOC(=O)C(NC(=O)S)C(=O)OC. The summed E-state index contributed by atoms with van der Waals surface area (Å²) >= 11 is 3.37. The number of carbonyl (C=O) groups excluding carboxylic acids is 3. The summed E-state index contributed by atoms with van der Waals surface area (Å²) in [5.74, 6) is -1.77. The monoisotopic (exact) mass is 251 g/mol. The zero-order valence-corrected chi connectivity index (χ0v) is 10.7. The van der Waals surface area contributed by atoms with Crippen molar-refractivity contribution in [3.8, 4) is 0 Å². The average molecular weight is 251 g/mol. The van der Waals surface area contributed by atoms with Gasteiger partial charge in [-0.3, -0.25) is 4.79 Å². The van der Waals surface area contributed by atoms with Crippen LogP contribution in [0.2, 0.25) is 0 Å². The summed E-state index contributed by atoms with van der Waals surface area (Å²) in [7, 11) is 1.10. The van der Waals surface area contributed by atoms with Crippen molar-refractivity contribution in [2.24, 2.45) is 0 Å². The van der Waals surface area contributed by atoms with Crippen molar-refractivity contribution in [2.75, 3.05) is 13.7 Å². The molecule has 7 heteroatoms. The van der Waals surface area contributed by atoms with Gasteiger partial charge in [0.05, 0.1) is 13.7 Å². The van der Waals surface area contributed by atoms with Crippen LogP contribution in [0.4, 0.5) is 4.79 Å². The zero-order chi connectivity index (χ0) is 13.1. The van der Waals surface area contributed by atoms with Gasteiger partial charge < -0.3 is 14.8 Å². The van der Waals surface area contributed by atoms with Gasteiger partial charge in [0.15, 0.2) is 0 Å². The van der Waals surface area contributed by atoms with Crippen molar-refractivity contribution >= 4 is 29.8 Å². The Morgan fingerprint density at radius 2 is 1.75 bits per heavy atom. The van der Waals surface area contributed by atoms with Crippen LogP contribution in [0.1, 0.15) is 20.8 Å². The first-order valence-electron chi connectivity index (χ1n) is 4.76. The highest BCUT2D eigenvalue weighted by molar-refractivity contribution is 7.96. The summed E-state index contributed by atoms with van der Waals surface area (Å²) in [6.45, 7) is 5.68. The van der Waals surface area contributed by atoms with Gasteiger partial charge in [0.1, 0.15) is 0 Å². The third-order valence-corrected chi connectivity index (χ3v) is 1.36.